The van der Waals surface area contributed by atoms with Crippen molar-refractivity contribution in [3.8, 4) is 22.9 Å². The first kappa shape index (κ1) is 21.9. The fourth-order valence-electron chi connectivity index (χ4n) is 4.76. The van der Waals surface area contributed by atoms with Crippen molar-refractivity contribution < 1.29 is 17.9 Å². The SMILES string of the molecule is COc1cc2nc(-c3ccccc3)nc(N3CCN(C4CCS(=O)(=O)C4)CC3)c2cc1OC. The summed E-state index contributed by atoms with van der Waals surface area (Å²) in [5, 5.41) is 0.907. The van der Waals surface area contributed by atoms with E-state index in [4.69, 9.17) is 19.4 Å². The largest absolute Gasteiger partial charge is 0.493 e. The molecule has 2 aliphatic heterocycles. The van der Waals surface area contributed by atoms with Gasteiger partial charge >= 0.3 is 0 Å². The van der Waals surface area contributed by atoms with E-state index in [-0.39, 0.29) is 11.8 Å². The molecule has 3 aromatic rings. The smallest absolute Gasteiger partial charge is 0.162 e. The van der Waals surface area contributed by atoms with Crippen LogP contribution in [0.25, 0.3) is 22.3 Å². The average molecular weight is 469 g/mol. The summed E-state index contributed by atoms with van der Waals surface area (Å²) in [6, 6.07) is 13.9. The van der Waals surface area contributed by atoms with Crippen molar-refractivity contribution in [3.63, 3.8) is 0 Å². The van der Waals surface area contributed by atoms with Crippen LogP contribution in [-0.2, 0) is 9.84 Å². The highest BCUT2D eigenvalue weighted by atomic mass is 32.2. The number of aromatic nitrogens is 2. The number of anilines is 1. The minimum Gasteiger partial charge on any atom is -0.493 e. The summed E-state index contributed by atoms with van der Waals surface area (Å²) >= 11 is 0. The van der Waals surface area contributed by atoms with Crippen LogP contribution in [0.3, 0.4) is 0 Å². The fourth-order valence-corrected chi connectivity index (χ4v) is 6.52. The van der Waals surface area contributed by atoms with E-state index >= 15 is 0 Å². The van der Waals surface area contributed by atoms with Gasteiger partial charge in [0.1, 0.15) is 5.82 Å². The molecular weight excluding hydrogens is 440 g/mol. The van der Waals surface area contributed by atoms with Crippen molar-refractivity contribution in [1.82, 2.24) is 14.9 Å². The second-order valence-corrected chi connectivity index (χ2v) is 10.8. The van der Waals surface area contributed by atoms with Gasteiger partial charge < -0.3 is 14.4 Å². The molecule has 0 N–H and O–H groups in total. The lowest BCUT2D eigenvalue weighted by Crippen LogP contribution is -2.51. The summed E-state index contributed by atoms with van der Waals surface area (Å²) in [5.41, 5.74) is 1.74. The van der Waals surface area contributed by atoms with E-state index in [0.717, 1.165) is 54.9 Å². The van der Waals surface area contributed by atoms with Crippen molar-refractivity contribution in [3.05, 3.63) is 42.5 Å². The Hall–Kier alpha value is -2.91. The van der Waals surface area contributed by atoms with Crippen molar-refractivity contribution in [2.75, 3.05) is 56.8 Å². The third-order valence-corrected chi connectivity index (χ3v) is 8.30. The minimum absolute atomic E-state index is 0.128. The molecule has 5 rings (SSSR count). The summed E-state index contributed by atoms with van der Waals surface area (Å²) in [5.74, 6) is 3.36. The van der Waals surface area contributed by atoms with E-state index in [1.165, 1.54) is 0 Å². The summed E-state index contributed by atoms with van der Waals surface area (Å²) in [4.78, 5) is 14.4. The predicted octanol–water partition coefficient (Wildman–Crippen LogP) is 2.62. The molecule has 3 heterocycles. The molecule has 0 aliphatic carbocycles. The van der Waals surface area contributed by atoms with Crippen LogP contribution in [0.5, 0.6) is 11.5 Å². The number of ether oxygens (including phenoxy) is 2. The van der Waals surface area contributed by atoms with Crippen LogP contribution in [0.1, 0.15) is 6.42 Å². The fraction of sp³-hybridized carbons (Fsp3) is 0.417. The van der Waals surface area contributed by atoms with Crippen LogP contribution in [0.2, 0.25) is 0 Å². The van der Waals surface area contributed by atoms with Crippen LogP contribution >= 0.6 is 0 Å². The van der Waals surface area contributed by atoms with Gasteiger partial charge in [0, 0.05) is 49.2 Å². The molecule has 174 valence electrons. The Labute approximate surface area is 194 Å². The topological polar surface area (TPSA) is 84.9 Å². The molecule has 2 fully saturated rings. The predicted molar refractivity (Wildman–Crippen MR) is 129 cm³/mol. The molecule has 0 amide bonds. The number of hydrogen-bond acceptors (Lipinski definition) is 8. The lowest BCUT2D eigenvalue weighted by Gasteiger charge is -2.38. The van der Waals surface area contributed by atoms with Crippen LogP contribution < -0.4 is 14.4 Å². The molecule has 2 aromatic carbocycles. The van der Waals surface area contributed by atoms with Gasteiger partial charge in [0.25, 0.3) is 0 Å². The van der Waals surface area contributed by atoms with E-state index in [1.54, 1.807) is 14.2 Å². The molecule has 2 aliphatic rings. The standard InChI is InChI=1S/C24H28N4O4S/c1-31-21-14-19-20(15-22(21)32-2)25-23(17-6-4-3-5-7-17)26-24(19)28-11-9-27(10-12-28)18-8-13-33(29,30)16-18/h3-7,14-15,18H,8-13,16H2,1-2H3. The van der Waals surface area contributed by atoms with Gasteiger partial charge in [-0.05, 0) is 12.5 Å². The van der Waals surface area contributed by atoms with Gasteiger partial charge in [-0.2, -0.15) is 0 Å². The number of hydrogen-bond donors (Lipinski definition) is 0. The maximum Gasteiger partial charge on any atom is 0.162 e. The number of nitrogens with zero attached hydrogens (tertiary/aromatic N) is 4. The van der Waals surface area contributed by atoms with Crippen LogP contribution in [0, 0.1) is 0 Å². The Bertz CT molecular complexity index is 1260. The molecule has 1 atom stereocenters. The molecule has 0 radical (unpaired) electrons. The zero-order valence-corrected chi connectivity index (χ0v) is 19.7. The Balaban J connectivity index is 1.51. The lowest BCUT2D eigenvalue weighted by atomic mass is 10.1. The van der Waals surface area contributed by atoms with Gasteiger partial charge in [0.15, 0.2) is 27.2 Å². The number of sulfone groups is 1. The van der Waals surface area contributed by atoms with Crippen molar-refractivity contribution in [2.45, 2.75) is 12.5 Å². The van der Waals surface area contributed by atoms with Gasteiger partial charge in [-0.25, -0.2) is 18.4 Å². The van der Waals surface area contributed by atoms with Crippen molar-refractivity contribution in [2.24, 2.45) is 0 Å². The summed E-state index contributed by atoms with van der Waals surface area (Å²) in [6.07, 6.45) is 0.730. The molecule has 0 saturated carbocycles. The minimum atomic E-state index is -2.89. The maximum atomic E-state index is 11.9. The number of benzene rings is 2. The monoisotopic (exact) mass is 468 g/mol. The van der Waals surface area contributed by atoms with E-state index in [1.807, 2.05) is 42.5 Å². The Kier molecular flexibility index (Phi) is 5.84. The third kappa shape index (κ3) is 4.35. The molecule has 1 unspecified atom stereocenters. The van der Waals surface area contributed by atoms with Gasteiger partial charge in [0.05, 0.1) is 31.2 Å². The summed E-state index contributed by atoms with van der Waals surface area (Å²) < 4.78 is 34.9. The van der Waals surface area contributed by atoms with Crippen LogP contribution in [0.4, 0.5) is 5.82 Å². The van der Waals surface area contributed by atoms with Crippen LogP contribution in [0.15, 0.2) is 42.5 Å². The van der Waals surface area contributed by atoms with Gasteiger partial charge in [-0.15, -0.1) is 0 Å². The molecule has 0 spiro atoms. The van der Waals surface area contributed by atoms with Gasteiger partial charge in [-0.3, -0.25) is 4.90 Å². The molecule has 1 aromatic heterocycles. The molecule has 2 saturated heterocycles. The first-order valence-electron chi connectivity index (χ1n) is 11.2. The normalized spacial score (nSPS) is 20.8. The highest BCUT2D eigenvalue weighted by molar-refractivity contribution is 7.91. The maximum absolute atomic E-state index is 11.9. The second kappa shape index (κ2) is 8.79. The quantitative estimate of drug-likeness (QED) is 0.565. The number of rotatable bonds is 5. The summed E-state index contributed by atoms with van der Waals surface area (Å²) in [7, 11) is 0.348. The van der Waals surface area contributed by atoms with Crippen molar-refractivity contribution in [1.29, 1.82) is 0 Å². The zero-order valence-electron chi connectivity index (χ0n) is 18.9. The number of fused-ring (bicyclic) bond motifs is 1. The van der Waals surface area contributed by atoms with E-state index < -0.39 is 9.84 Å². The zero-order chi connectivity index (χ0) is 23.0. The first-order chi connectivity index (χ1) is 16.0. The second-order valence-electron chi connectivity index (χ2n) is 8.54. The molecule has 0 bridgehead atoms. The first-order valence-corrected chi connectivity index (χ1v) is 13.0. The Morgan fingerprint density at radius 2 is 1.64 bits per heavy atom. The third-order valence-electron chi connectivity index (χ3n) is 6.55. The highest BCUT2D eigenvalue weighted by Crippen LogP contribution is 2.37. The molecular formula is C24H28N4O4S. The molecule has 33 heavy (non-hydrogen) atoms. The lowest BCUT2D eigenvalue weighted by molar-refractivity contribution is 0.200. The Morgan fingerprint density at radius 1 is 0.939 bits per heavy atom. The number of piperazine rings is 1. The van der Waals surface area contributed by atoms with E-state index in [2.05, 4.69) is 9.80 Å². The van der Waals surface area contributed by atoms with E-state index in [0.29, 0.717) is 23.1 Å². The Morgan fingerprint density at radius 3 is 2.27 bits per heavy atom. The van der Waals surface area contributed by atoms with Gasteiger partial charge in [0.2, 0.25) is 0 Å². The van der Waals surface area contributed by atoms with E-state index in [9.17, 15) is 8.42 Å². The molecule has 9 heteroatoms. The van der Waals surface area contributed by atoms with Crippen molar-refractivity contribution >= 4 is 26.6 Å². The average Bonchev–Trinajstić information content (AvgIpc) is 3.22. The number of methoxy groups -OCH3 is 2. The van der Waals surface area contributed by atoms with Crippen LogP contribution in [-0.4, -0.2) is 81.2 Å². The van der Waals surface area contributed by atoms with Gasteiger partial charge in [-0.1, -0.05) is 30.3 Å². The summed E-state index contributed by atoms with van der Waals surface area (Å²) in [6.45, 7) is 3.15. The highest BCUT2D eigenvalue weighted by Gasteiger charge is 2.34. The molecule has 8 nitrogen and oxygen atoms in total.